The minimum Gasteiger partial charge on any atom is -0.375 e. The number of halogens is 3. The third-order valence-electron chi connectivity index (χ3n) is 4.39. The van der Waals surface area contributed by atoms with Crippen LogP contribution in [0.5, 0.6) is 5.75 Å². The van der Waals surface area contributed by atoms with Crippen LogP contribution in [-0.2, 0) is 10.1 Å². The lowest BCUT2D eigenvalue weighted by Gasteiger charge is -2.15. The van der Waals surface area contributed by atoms with E-state index in [0.29, 0.717) is 16.7 Å². The fraction of sp³-hybridized carbons (Fsp3) is 0.100. The van der Waals surface area contributed by atoms with Crippen molar-refractivity contribution in [1.29, 1.82) is 0 Å². The maximum Gasteiger partial charge on any atom is 0.534 e. The summed E-state index contributed by atoms with van der Waals surface area (Å²) in [6, 6.07) is 17.7. The molecule has 0 fully saturated rings. The summed E-state index contributed by atoms with van der Waals surface area (Å²) in [4.78, 5) is 0. The third kappa shape index (κ3) is 3.02. The maximum atomic E-state index is 12.8. The first-order valence-corrected chi connectivity index (χ1v) is 10.4. The quantitative estimate of drug-likeness (QED) is 0.289. The smallest absolute Gasteiger partial charge is 0.375 e. The fourth-order valence-electron chi connectivity index (χ4n) is 3.16. The van der Waals surface area contributed by atoms with Gasteiger partial charge < -0.3 is 4.18 Å². The number of rotatable bonds is 3. The van der Waals surface area contributed by atoms with Crippen molar-refractivity contribution in [2.45, 2.75) is 12.4 Å². The molecule has 0 aliphatic rings. The van der Waals surface area contributed by atoms with Gasteiger partial charge in [-0.05, 0) is 24.6 Å². The first kappa shape index (κ1) is 18.8. The molecule has 144 valence electrons. The third-order valence-corrected chi connectivity index (χ3v) is 6.58. The van der Waals surface area contributed by atoms with Gasteiger partial charge in [-0.2, -0.15) is 21.6 Å². The largest absolute Gasteiger partial charge is 0.534 e. The van der Waals surface area contributed by atoms with Crippen LogP contribution in [0.4, 0.5) is 13.2 Å². The number of benzene rings is 3. The lowest BCUT2D eigenvalue weighted by Crippen LogP contribution is -2.28. The molecule has 3 aromatic carbocycles. The van der Waals surface area contributed by atoms with Crippen molar-refractivity contribution in [3.05, 3.63) is 66.2 Å². The summed E-state index contributed by atoms with van der Waals surface area (Å²) in [5.74, 6) is -0.345. The highest BCUT2D eigenvalue weighted by Gasteiger charge is 2.48. The van der Waals surface area contributed by atoms with Gasteiger partial charge in [-0.3, -0.25) is 0 Å². The van der Waals surface area contributed by atoms with Crippen LogP contribution in [0.15, 0.2) is 60.7 Å². The summed E-state index contributed by atoms with van der Waals surface area (Å²) >= 11 is 1.50. The van der Waals surface area contributed by atoms with Gasteiger partial charge in [-0.15, -0.1) is 11.3 Å². The van der Waals surface area contributed by atoms with Crippen molar-refractivity contribution in [2.24, 2.45) is 0 Å². The minimum atomic E-state index is -5.77. The van der Waals surface area contributed by atoms with Crippen molar-refractivity contribution in [1.82, 2.24) is 0 Å². The molecule has 0 unspecified atom stereocenters. The van der Waals surface area contributed by atoms with E-state index >= 15 is 0 Å². The van der Waals surface area contributed by atoms with E-state index in [2.05, 4.69) is 4.18 Å². The lowest BCUT2D eigenvalue weighted by atomic mass is 9.98. The summed E-state index contributed by atoms with van der Waals surface area (Å²) in [5, 5.41) is 1.98. The second-order valence-corrected chi connectivity index (χ2v) is 8.80. The second kappa shape index (κ2) is 6.49. The Bertz CT molecular complexity index is 1310. The van der Waals surface area contributed by atoms with E-state index in [-0.39, 0.29) is 5.75 Å². The Morgan fingerprint density at radius 1 is 0.893 bits per heavy atom. The van der Waals surface area contributed by atoms with Gasteiger partial charge >= 0.3 is 15.6 Å². The van der Waals surface area contributed by atoms with E-state index in [9.17, 15) is 21.6 Å². The number of alkyl halides is 3. The fourth-order valence-corrected chi connectivity index (χ4v) is 4.86. The summed E-state index contributed by atoms with van der Waals surface area (Å²) in [6.45, 7) is 1.70. The van der Waals surface area contributed by atoms with Crippen molar-refractivity contribution >= 4 is 41.6 Å². The molecule has 28 heavy (non-hydrogen) atoms. The van der Waals surface area contributed by atoms with E-state index in [1.165, 1.54) is 23.5 Å². The topological polar surface area (TPSA) is 43.4 Å². The molecule has 0 amide bonds. The van der Waals surface area contributed by atoms with Crippen molar-refractivity contribution in [2.75, 3.05) is 0 Å². The molecule has 0 N–H and O–H groups in total. The van der Waals surface area contributed by atoms with Gasteiger partial charge in [-0.1, -0.05) is 48.5 Å². The van der Waals surface area contributed by atoms with E-state index in [4.69, 9.17) is 0 Å². The Morgan fingerprint density at radius 3 is 2.32 bits per heavy atom. The first-order valence-electron chi connectivity index (χ1n) is 8.20. The van der Waals surface area contributed by atoms with Crippen LogP contribution in [0.3, 0.4) is 0 Å². The molecule has 0 atom stereocenters. The molecule has 4 rings (SSSR count). The van der Waals surface area contributed by atoms with Gasteiger partial charge in [0.2, 0.25) is 0 Å². The molecule has 0 radical (unpaired) electrons. The van der Waals surface area contributed by atoms with Gasteiger partial charge in [0.15, 0.2) is 5.75 Å². The molecule has 0 bridgehead atoms. The van der Waals surface area contributed by atoms with E-state index in [0.717, 1.165) is 20.2 Å². The molecule has 0 aliphatic heterocycles. The van der Waals surface area contributed by atoms with Gasteiger partial charge in [0.1, 0.15) is 0 Å². The summed E-state index contributed by atoms with van der Waals surface area (Å²) in [5.41, 5.74) is -3.94. The Kier molecular flexibility index (Phi) is 4.35. The van der Waals surface area contributed by atoms with Crippen molar-refractivity contribution in [3.63, 3.8) is 0 Å². The predicted molar refractivity (Wildman–Crippen MR) is 105 cm³/mol. The molecule has 0 spiro atoms. The SMILES string of the molecule is Cc1cccc(OS(=O)(=O)C(F)(F)F)c1-c1cccc2c1sc1ccccc12. The molecule has 8 heteroatoms. The van der Waals surface area contributed by atoms with Crippen LogP contribution < -0.4 is 4.18 Å². The van der Waals surface area contributed by atoms with E-state index in [1.807, 2.05) is 30.3 Å². The molecule has 1 aromatic heterocycles. The van der Waals surface area contributed by atoms with Crippen LogP contribution in [-0.4, -0.2) is 13.9 Å². The number of hydrogen-bond donors (Lipinski definition) is 0. The van der Waals surface area contributed by atoms with Gasteiger partial charge in [-0.25, -0.2) is 0 Å². The zero-order valence-corrected chi connectivity index (χ0v) is 16.1. The number of hydrogen-bond acceptors (Lipinski definition) is 4. The van der Waals surface area contributed by atoms with Crippen LogP contribution in [0.1, 0.15) is 5.56 Å². The summed E-state index contributed by atoms with van der Waals surface area (Å²) < 4.78 is 68.1. The van der Waals surface area contributed by atoms with Crippen LogP contribution in [0, 0.1) is 6.92 Å². The highest BCUT2D eigenvalue weighted by molar-refractivity contribution is 7.88. The molecule has 3 nitrogen and oxygen atoms in total. The Balaban J connectivity index is 1.98. The minimum absolute atomic E-state index is 0.326. The molecule has 4 aromatic rings. The molecule has 1 heterocycles. The van der Waals surface area contributed by atoms with Gasteiger partial charge in [0.25, 0.3) is 0 Å². The lowest BCUT2D eigenvalue weighted by molar-refractivity contribution is -0.0499. The standard InChI is InChI=1S/C20H13F3O3S2/c1-12-6-4-10-16(26-28(24,25)20(21,22)23)18(12)15-9-5-8-14-13-7-2-3-11-17(13)27-19(14)15/h2-11H,1H3. The number of thiophene rings is 1. The van der Waals surface area contributed by atoms with Crippen LogP contribution in [0.2, 0.25) is 0 Å². The zero-order chi connectivity index (χ0) is 20.1. The maximum absolute atomic E-state index is 12.8. The number of aryl methyl sites for hydroxylation is 1. The first-order chi connectivity index (χ1) is 13.2. The van der Waals surface area contributed by atoms with Crippen molar-refractivity contribution in [3.8, 4) is 16.9 Å². The summed E-state index contributed by atoms with van der Waals surface area (Å²) in [6.07, 6.45) is 0. The Morgan fingerprint density at radius 2 is 1.57 bits per heavy atom. The average Bonchev–Trinajstić information content (AvgIpc) is 3.00. The van der Waals surface area contributed by atoms with Gasteiger partial charge in [0.05, 0.1) is 0 Å². The molecular weight excluding hydrogens is 409 g/mol. The average molecular weight is 422 g/mol. The highest BCUT2D eigenvalue weighted by Crippen LogP contribution is 2.44. The molecule has 0 aliphatic carbocycles. The predicted octanol–water partition coefficient (Wildman–Crippen LogP) is 6.26. The Hall–Kier alpha value is -2.58. The Labute approximate surface area is 163 Å². The number of fused-ring (bicyclic) bond motifs is 3. The van der Waals surface area contributed by atoms with E-state index in [1.54, 1.807) is 25.1 Å². The van der Waals surface area contributed by atoms with Gasteiger partial charge in [0, 0.05) is 31.3 Å². The van der Waals surface area contributed by atoms with Crippen molar-refractivity contribution < 1.29 is 25.8 Å². The highest BCUT2D eigenvalue weighted by atomic mass is 32.2. The zero-order valence-electron chi connectivity index (χ0n) is 14.4. The van der Waals surface area contributed by atoms with Crippen LogP contribution in [0.25, 0.3) is 31.3 Å². The molecule has 0 saturated heterocycles. The monoisotopic (exact) mass is 422 g/mol. The summed E-state index contributed by atoms with van der Waals surface area (Å²) in [7, 11) is -5.77. The second-order valence-electron chi connectivity index (χ2n) is 6.21. The van der Waals surface area contributed by atoms with E-state index < -0.39 is 15.6 Å². The molecule has 0 saturated carbocycles. The molecular formula is C20H13F3O3S2. The normalized spacial score (nSPS) is 12.6. The van der Waals surface area contributed by atoms with Crippen LogP contribution >= 0.6 is 11.3 Å².